The molecule has 0 radical (unpaired) electrons. The first kappa shape index (κ1) is 20.1. The van der Waals surface area contributed by atoms with E-state index >= 15 is 0 Å². The SMILES string of the molecule is CN=C(NCc1ccc(COC2CCOCC2)cc1)NC1CCS(=O)(=O)C1. The van der Waals surface area contributed by atoms with Crippen molar-refractivity contribution in [1.82, 2.24) is 10.6 Å². The Morgan fingerprint density at radius 3 is 2.52 bits per heavy atom. The second-order valence-electron chi connectivity index (χ2n) is 7.11. The highest BCUT2D eigenvalue weighted by molar-refractivity contribution is 7.91. The second-order valence-corrected chi connectivity index (χ2v) is 9.34. The Labute approximate surface area is 161 Å². The van der Waals surface area contributed by atoms with Gasteiger partial charge in [-0.25, -0.2) is 8.42 Å². The lowest BCUT2D eigenvalue weighted by atomic mass is 10.1. The van der Waals surface area contributed by atoms with Crippen molar-refractivity contribution in [2.24, 2.45) is 4.99 Å². The molecular formula is C19H29N3O4S. The van der Waals surface area contributed by atoms with Crippen molar-refractivity contribution in [2.45, 2.75) is 44.6 Å². The number of guanidine groups is 1. The van der Waals surface area contributed by atoms with Crippen LogP contribution in [0.1, 0.15) is 30.4 Å². The minimum Gasteiger partial charge on any atom is -0.381 e. The number of nitrogens with one attached hydrogen (secondary N) is 2. The maximum Gasteiger partial charge on any atom is 0.191 e. The van der Waals surface area contributed by atoms with Crippen LogP contribution in [0.3, 0.4) is 0 Å². The predicted molar refractivity (Wildman–Crippen MR) is 105 cm³/mol. The second kappa shape index (κ2) is 9.52. The van der Waals surface area contributed by atoms with E-state index in [-0.39, 0.29) is 17.5 Å². The lowest BCUT2D eigenvalue weighted by Crippen LogP contribution is -2.43. The summed E-state index contributed by atoms with van der Waals surface area (Å²) in [7, 11) is -1.21. The maximum absolute atomic E-state index is 11.6. The van der Waals surface area contributed by atoms with Gasteiger partial charge in [0.15, 0.2) is 15.8 Å². The number of hydrogen-bond donors (Lipinski definition) is 2. The molecule has 27 heavy (non-hydrogen) atoms. The summed E-state index contributed by atoms with van der Waals surface area (Å²) in [5.41, 5.74) is 2.29. The van der Waals surface area contributed by atoms with Gasteiger partial charge >= 0.3 is 0 Å². The molecule has 1 aromatic carbocycles. The lowest BCUT2D eigenvalue weighted by molar-refractivity contribution is -0.0390. The Hall–Kier alpha value is -1.64. The normalized spacial score (nSPS) is 23.3. The molecule has 1 aromatic rings. The Morgan fingerprint density at radius 1 is 1.19 bits per heavy atom. The molecule has 0 bridgehead atoms. The molecule has 0 aromatic heterocycles. The van der Waals surface area contributed by atoms with Gasteiger partial charge in [0.1, 0.15) is 0 Å². The summed E-state index contributed by atoms with van der Waals surface area (Å²) in [5, 5.41) is 6.43. The molecule has 0 aliphatic carbocycles. The molecule has 2 fully saturated rings. The van der Waals surface area contributed by atoms with E-state index in [4.69, 9.17) is 9.47 Å². The number of sulfone groups is 1. The van der Waals surface area contributed by atoms with Crippen LogP contribution in [0.4, 0.5) is 0 Å². The topological polar surface area (TPSA) is 89.0 Å². The van der Waals surface area contributed by atoms with Crippen molar-refractivity contribution in [2.75, 3.05) is 31.8 Å². The number of nitrogens with zero attached hydrogens (tertiary/aromatic N) is 1. The highest BCUT2D eigenvalue weighted by Gasteiger charge is 2.28. The third kappa shape index (κ3) is 6.48. The molecule has 7 nitrogen and oxygen atoms in total. The van der Waals surface area contributed by atoms with Gasteiger partial charge in [0.2, 0.25) is 0 Å². The van der Waals surface area contributed by atoms with Crippen LogP contribution in [-0.2, 0) is 32.5 Å². The Morgan fingerprint density at radius 2 is 1.89 bits per heavy atom. The molecule has 0 amide bonds. The van der Waals surface area contributed by atoms with E-state index < -0.39 is 9.84 Å². The maximum atomic E-state index is 11.6. The first-order valence-corrected chi connectivity index (χ1v) is 11.3. The van der Waals surface area contributed by atoms with Gasteiger partial charge in [-0.1, -0.05) is 24.3 Å². The third-order valence-corrected chi connectivity index (χ3v) is 6.70. The average Bonchev–Trinajstić information content (AvgIpc) is 3.03. The highest BCUT2D eigenvalue weighted by atomic mass is 32.2. The van der Waals surface area contributed by atoms with Gasteiger partial charge in [-0.3, -0.25) is 4.99 Å². The van der Waals surface area contributed by atoms with Crippen LogP contribution in [0, 0.1) is 0 Å². The van der Waals surface area contributed by atoms with E-state index in [0.717, 1.165) is 37.2 Å². The third-order valence-electron chi connectivity index (χ3n) is 4.93. The van der Waals surface area contributed by atoms with E-state index in [1.807, 2.05) is 0 Å². The van der Waals surface area contributed by atoms with Crippen LogP contribution in [0.15, 0.2) is 29.3 Å². The Kier molecular flexibility index (Phi) is 7.09. The van der Waals surface area contributed by atoms with Gasteiger partial charge in [0, 0.05) is 32.8 Å². The largest absolute Gasteiger partial charge is 0.381 e. The number of hydrogen-bond acceptors (Lipinski definition) is 5. The van der Waals surface area contributed by atoms with Gasteiger partial charge in [-0.15, -0.1) is 0 Å². The van der Waals surface area contributed by atoms with Crippen molar-refractivity contribution in [1.29, 1.82) is 0 Å². The Bertz CT molecular complexity index is 728. The zero-order valence-electron chi connectivity index (χ0n) is 15.8. The fourth-order valence-electron chi connectivity index (χ4n) is 3.29. The van der Waals surface area contributed by atoms with Crippen LogP contribution >= 0.6 is 0 Å². The quantitative estimate of drug-likeness (QED) is 0.556. The summed E-state index contributed by atoms with van der Waals surface area (Å²) in [5.74, 6) is 1.05. The first-order chi connectivity index (χ1) is 13.0. The van der Waals surface area contributed by atoms with E-state index in [1.54, 1.807) is 7.05 Å². The van der Waals surface area contributed by atoms with Crippen molar-refractivity contribution in [3.63, 3.8) is 0 Å². The summed E-state index contributed by atoms with van der Waals surface area (Å²) in [6, 6.07) is 8.24. The smallest absolute Gasteiger partial charge is 0.191 e. The minimum absolute atomic E-state index is 0.0640. The van der Waals surface area contributed by atoms with Crippen LogP contribution in [0.2, 0.25) is 0 Å². The predicted octanol–water partition coefficient (Wildman–Crippen LogP) is 1.23. The highest BCUT2D eigenvalue weighted by Crippen LogP contribution is 2.14. The van der Waals surface area contributed by atoms with E-state index in [2.05, 4.69) is 39.9 Å². The summed E-state index contributed by atoms with van der Waals surface area (Å²) in [6.07, 6.45) is 2.87. The van der Waals surface area contributed by atoms with Gasteiger partial charge in [-0.05, 0) is 30.4 Å². The minimum atomic E-state index is -2.90. The number of aliphatic imine (C=N–C) groups is 1. The van der Waals surface area contributed by atoms with Crippen molar-refractivity contribution in [3.8, 4) is 0 Å². The molecule has 2 aliphatic rings. The molecule has 0 spiro atoms. The standard InChI is InChI=1S/C19H29N3O4S/c1-20-19(22-17-8-11-27(23,24)14-17)21-12-15-2-4-16(5-3-15)13-26-18-6-9-25-10-7-18/h2-5,17-18H,6-14H2,1H3,(H2,20,21,22). The molecule has 150 valence electrons. The van der Waals surface area contributed by atoms with Crippen molar-refractivity contribution >= 4 is 15.8 Å². The molecule has 0 saturated carbocycles. The van der Waals surface area contributed by atoms with Crippen LogP contribution in [0.25, 0.3) is 0 Å². The van der Waals surface area contributed by atoms with E-state index in [9.17, 15) is 8.42 Å². The summed E-state index contributed by atoms with van der Waals surface area (Å²) in [4.78, 5) is 4.18. The molecule has 1 unspecified atom stereocenters. The van der Waals surface area contributed by atoms with Gasteiger partial charge < -0.3 is 20.1 Å². The zero-order valence-corrected chi connectivity index (χ0v) is 16.6. The molecule has 2 aliphatic heterocycles. The van der Waals surface area contributed by atoms with E-state index in [1.165, 1.54) is 0 Å². The van der Waals surface area contributed by atoms with Gasteiger partial charge in [-0.2, -0.15) is 0 Å². The molecule has 1 atom stereocenters. The van der Waals surface area contributed by atoms with Crippen LogP contribution < -0.4 is 10.6 Å². The van der Waals surface area contributed by atoms with Gasteiger partial charge in [0.05, 0.1) is 24.2 Å². The lowest BCUT2D eigenvalue weighted by Gasteiger charge is -2.22. The molecule has 3 rings (SSSR count). The number of rotatable bonds is 6. The average molecular weight is 396 g/mol. The summed E-state index contributed by atoms with van der Waals surface area (Å²) >= 11 is 0. The fraction of sp³-hybridized carbons (Fsp3) is 0.632. The summed E-state index contributed by atoms with van der Waals surface area (Å²) in [6.45, 7) is 2.83. The van der Waals surface area contributed by atoms with Gasteiger partial charge in [0.25, 0.3) is 0 Å². The monoisotopic (exact) mass is 395 g/mol. The molecule has 8 heteroatoms. The fourth-order valence-corrected chi connectivity index (χ4v) is 4.97. The summed E-state index contributed by atoms with van der Waals surface area (Å²) < 4.78 is 34.4. The van der Waals surface area contributed by atoms with Crippen molar-refractivity contribution < 1.29 is 17.9 Å². The van der Waals surface area contributed by atoms with Crippen LogP contribution in [-0.4, -0.2) is 58.3 Å². The number of ether oxygens (including phenoxy) is 2. The first-order valence-electron chi connectivity index (χ1n) is 9.49. The molecule has 2 heterocycles. The van der Waals surface area contributed by atoms with E-state index in [0.29, 0.717) is 31.6 Å². The molecule has 2 N–H and O–H groups in total. The molecule has 2 saturated heterocycles. The molecular weight excluding hydrogens is 366 g/mol. The Balaban J connectivity index is 1.42. The number of benzene rings is 1. The zero-order chi connectivity index (χ0) is 19.1. The van der Waals surface area contributed by atoms with Crippen molar-refractivity contribution in [3.05, 3.63) is 35.4 Å². The van der Waals surface area contributed by atoms with Crippen LogP contribution in [0.5, 0.6) is 0 Å².